The lowest BCUT2D eigenvalue weighted by atomic mass is 10.1. The van der Waals surface area contributed by atoms with Crippen LogP contribution in [0.15, 0.2) is 54.3 Å². The number of hydrogen-bond acceptors (Lipinski definition) is 0. The maximum Gasteiger partial charge on any atom is -0.00929 e. The molecule has 0 rings (SSSR count). The van der Waals surface area contributed by atoms with Crippen molar-refractivity contribution >= 4 is 0 Å². The zero-order chi connectivity index (χ0) is 16.1. The lowest BCUT2D eigenvalue weighted by Crippen LogP contribution is -1.73. The van der Waals surface area contributed by atoms with Gasteiger partial charge in [0, 0.05) is 0 Å². The van der Waals surface area contributed by atoms with E-state index < -0.39 is 0 Å². The van der Waals surface area contributed by atoms with E-state index in [-0.39, 0.29) is 0 Å². The predicted octanol–water partition coefficient (Wildman–Crippen LogP) is 7.51. The highest BCUT2D eigenvalue weighted by atomic mass is 13.9. The highest BCUT2D eigenvalue weighted by Gasteiger charge is 1.83. The van der Waals surface area contributed by atoms with Crippen LogP contribution < -0.4 is 0 Å². The van der Waals surface area contributed by atoms with E-state index in [0.717, 1.165) is 32.1 Å². The smallest absolute Gasteiger partial charge is 0.00929 e. The molecule has 0 nitrogen and oxygen atoms in total. The van der Waals surface area contributed by atoms with Gasteiger partial charge in [0.2, 0.25) is 0 Å². The first kappa shape index (κ1) is 20.7. The van der Waals surface area contributed by atoms with Gasteiger partial charge in [0.15, 0.2) is 0 Å². The van der Waals surface area contributed by atoms with Crippen LogP contribution >= 0.6 is 0 Å². The van der Waals surface area contributed by atoms with Crippen molar-refractivity contribution in [1.29, 1.82) is 0 Å². The Labute approximate surface area is 139 Å². The normalized spacial score (nSPS) is 11.5. The standard InChI is InChI=1S/C22H35/c1-3-5-7-9-11-13-15-17-19-21-22-20-18-16-14-12-10-8-6-4-2/h10,13-15,18-21H,1,3-9,11,16-17,22H2,2H3/b15-13+,20-18+,21-19+. The van der Waals surface area contributed by atoms with Gasteiger partial charge in [0.05, 0.1) is 0 Å². The van der Waals surface area contributed by atoms with Gasteiger partial charge < -0.3 is 0 Å². The van der Waals surface area contributed by atoms with E-state index in [1.807, 2.05) is 0 Å². The molecule has 123 valence electrons. The molecule has 0 aromatic heterocycles. The monoisotopic (exact) mass is 299 g/mol. The fraction of sp³-hybridized carbons (Fsp3) is 0.545. The van der Waals surface area contributed by atoms with Crippen LogP contribution in [0.3, 0.4) is 0 Å². The molecule has 0 fully saturated rings. The van der Waals surface area contributed by atoms with Gasteiger partial charge in [0.25, 0.3) is 0 Å². The number of rotatable bonds is 14. The Kier molecular flexibility index (Phi) is 18.6. The summed E-state index contributed by atoms with van der Waals surface area (Å²) in [4.78, 5) is 0. The molecule has 0 saturated heterocycles. The van der Waals surface area contributed by atoms with Gasteiger partial charge in [0.1, 0.15) is 0 Å². The van der Waals surface area contributed by atoms with Crippen molar-refractivity contribution in [2.45, 2.75) is 77.6 Å². The maximum atomic E-state index is 3.86. The second kappa shape index (κ2) is 19.7. The summed E-state index contributed by atoms with van der Waals surface area (Å²) in [7, 11) is 0. The molecule has 0 aromatic rings. The lowest BCUT2D eigenvalue weighted by Gasteiger charge is -1.93. The highest BCUT2D eigenvalue weighted by Crippen LogP contribution is 2.03. The van der Waals surface area contributed by atoms with Crippen molar-refractivity contribution in [3.05, 3.63) is 61.3 Å². The van der Waals surface area contributed by atoms with Crippen LogP contribution in [0.4, 0.5) is 0 Å². The first-order chi connectivity index (χ1) is 10.9. The summed E-state index contributed by atoms with van der Waals surface area (Å²) in [6.07, 6.45) is 30.7. The Balaban J connectivity index is 3.44. The first-order valence-corrected chi connectivity index (χ1v) is 9.05. The summed E-state index contributed by atoms with van der Waals surface area (Å²) < 4.78 is 0. The molecule has 0 aromatic carbocycles. The van der Waals surface area contributed by atoms with E-state index in [1.165, 1.54) is 38.5 Å². The zero-order valence-corrected chi connectivity index (χ0v) is 14.6. The van der Waals surface area contributed by atoms with Gasteiger partial charge in [-0.05, 0) is 57.1 Å². The average Bonchev–Trinajstić information content (AvgIpc) is 2.54. The van der Waals surface area contributed by atoms with E-state index in [1.54, 1.807) is 0 Å². The molecule has 0 aliphatic carbocycles. The second-order valence-corrected chi connectivity index (χ2v) is 5.54. The number of unbranched alkanes of at least 4 members (excludes halogenated alkanes) is 6. The Bertz CT molecular complexity index is 348. The third-order valence-electron chi connectivity index (χ3n) is 3.36. The summed E-state index contributed by atoms with van der Waals surface area (Å²) >= 11 is 0. The van der Waals surface area contributed by atoms with E-state index in [4.69, 9.17) is 0 Å². The minimum Gasteiger partial charge on any atom is -0.129 e. The fourth-order valence-electron chi connectivity index (χ4n) is 1.98. The number of allylic oxidation sites excluding steroid dienone is 7. The molecule has 0 aliphatic heterocycles. The van der Waals surface area contributed by atoms with E-state index in [9.17, 15) is 0 Å². The van der Waals surface area contributed by atoms with E-state index in [2.05, 4.69) is 68.2 Å². The van der Waals surface area contributed by atoms with E-state index >= 15 is 0 Å². The molecule has 1 radical (unpaired) electrons. The Hall–Kier alpha value is -1.26. The molecule has 0 saturated carbocycles. The second-order valence-electron chi connectivity index (χ2n) is 5.54. The molecule has 0 heteroatoms. The summed E-state index contributed by atoms with van der Waals surface area (Å²) in [6.45, 7) is 6.08. The van der Waals surface area contributed by atoms with Crippen LogP contribution in [-0.2, 0) is 0 Å². The van der Waals surface area contributed by atoms with Crippen LogP contribution in [0, 0.1) is 6.92 Å². The van der Waals surface area contributed by atoms with Crippen molar-refractivity contribution < 1.29 is 0 Å². The molecule has 22 heavy (non-hydrogen) atoms. The van der Waals surface area contributed by atoms with Crippen LogP contribution in [0.5, 0.6) is 0 Å². The largest absolute Gasteiger partial charge is 0.129 e. The summed E-state index contributed by atoms with van der Waals surface area (Å²) in [6, 6.07) is 0. The van der Waals surface area contributed by atoms with Crippen molar-refractivity contribution in [2.24, 2.45) is 0 Å². The minimum atomic E-state index is 0.990. The molecule has 0 unspecified atom stereocenters. The molecule has 0 atom stereocenters. The zero-order valence-electron chi connectivity index (χ0n) is 14.6. The Morgan fingerprint density at radius 1 is 0.682 bits per heavy atom. The molecular weight excluding hydrogens is 264 g/mol. The fourth-order valence-corrected chi connectivity index (χ4v) is 1.98. The SMILES string of the molecule is [CH2]CCCCC/C=C/C/C=C/C/C=C/CC=C=CCCCC. The number of hydrogen-bond donors (Lipinski definition) is 0. The molecule has 0 N–H and O–H groups in total. The lowest BCUT2D eigenvalue weighted by molar-refractivity contribution is 0.694. The van der Waals surface area contributed by atoms with Gasteiger partial charge in [-0.25, -0.2) is 0 Å². The van der Waals surface area contributed by atoms with Gasteiger partial charge in [-0.3, -0.25) is 0 Å². The molecule has 0 bridgehead atoms. The van der Waals surface area contributed by atoms with E-state index in [0.29, 0.717) is 0 Å². The van der Waals surface area contributed by atoms with Gasteiger partial charge in [-0.1, -0.05) is 76.0 Å². The third kappa shape index (κ3) is 18.7. The summed E-state index contributed by atoms with van der Waals surface area (Å²) in [5.74, 6) is 0. The van der Waals surface area contributed by atoms with Gasteiger partial charge in [-0.2, -0.15) is 0 Å². The van der Waals surface area contributed by atoms with Crippen molar-refractivity contribution in [3.63, 3.8) is 0 Å². The van der Waals surface area contributed by atoms with Crippen LogP contribution in [0.1, 0.15) is 77.6 Å². The molecule has 0 heterocycles. The Morgan fingerprint density at radius 2 is 1.36 bits per heavy atom. The highest BCUT2D eigenvalue weighted by molar-refractivity contribution is 4.99. The quantitative estimate of drug-likeness (QED) is 0.177. The maximum absolute atomic E-state index is 3.86. The van der Waals surface area contributed by atoms with Crippen LogP contribution in [0.25, 0.3) is 0 Å². The van der Waals surface area contributed by atoms with Crippen molar-refractivity contribution in [1.82, 2.24) is 0 Å². The topological polar surface area (TPSA) is 0 Å². The first-order valence-electron chi connectivity index (χ1n) is 9.05. The van der Waals surface area contributed by atoms with Gasteiger partial charge >= 0.3 is 0 Å². The molecule has 0 spiro atoms. The summed E-state index contributed by atoms with van der Waals surface area (Å²) in [5, 5.41) is 0. The molecule has 0 amide bonds. The van der Waals surface area contributed by atoms with Crippen molar-refractivity contribution in [3.8, 4) is 0 Å². The third-order valence-corrected chi connectivity index (χ3v) is 3.36. The van der Waals surface area contributed by atoms with Crippen LogP contribution in [0.2, 0.25) is 0 Å². The minimum absolute atomic E-state index is 0.990. The molecular formula is C22H35. The summed E-state index contributed by atoms with van der Waals surface area (Å²) in [5.41, 5.74) is 3.23. The Morgan fingerprint density at radius 3 is 2.05 bits per heavy atom. The molecule has 0 aliphatic rings. The van der Waals surface area contributed by atoms with Gasteiger partial charge in [-0.15, -0.1) is 5.73 Å². The van der Waals surface area contributed by atoms with Crippen LogP contribution in [-0.4, -0.2) is 0 Å². The average molecular weight is 300 g/mol. The predicted molar refractivity (Wildman–Crippen MR) is 102 cm³/mol. The van der Waals surface area contributed by atoms with Crippen molar-refractivity contribution in [2.75, 3.05) is 0 Å².